The number of nitrogens with one attached hydrogen (secondary N) is 2. The second-order valence-electron chi connectivity index (χ2n) is 11.1. The molecule has 4 N–H and O–H groups in total. The van der Waals surface area contributed by atoms with Crippen LogP contribution in [0.4, 0.5) is 0 Å². The van der Waals surface area contributed by atoms with Gasteiger partial charge in [-0.15, -0.1) is 0 Å². The summed E-state index contributed by atoms with van der Waals surface area (Å²) in [5.74, 6) is -2.06. The highest BCUT2D eigenvalue weighted by Crippen LogP contribution is 2.24. The average Bonchev–Trinajstić information content (AvgIpc) is 2.96. The zero-order valence-electron chi connectivity index (χ0n) is 28.6. The third kappa shape index (κ3) is 19.7. The number of ether oxygens (including phenoxy) is 7. The van der Waals surface area contributed by atoms with Gasteiger partial charge in [0.25, 0.3) is 0 Å². The van der Waals surface area contributed by atoms with Crippen LogP contribution in [0.2, 0.25) is 0 Å². The van der Waals surface area contributed by atoms with Crippen LogP contribution in [0.15, 0.2) is 0 Å². The highest BCUT2D eigenvalue weighted by atomic mass is 16.5. The number of hydrogen-bond donors (Lipinski definition) is 3. The number of esters is 4. The average molecular weight is 650 g/mol. The minimum atomic E-state index is -0.868. The molecule has 0 amide bonds. The van der Waals surface area contributed by atoms with Crippen molar-refractivity contribution < 1.29 is 52.3 Å². The maximum absolute atomic E-state index is 12.4. The van der Waals surface area contributed by atoms with Crippen LogP contribution in [0.3, 0.4) is 0 Å². The Hall–Kier alpha value is -2.36. The van der Waals surface area contributed by atoms with Gasteiger partial charge < -0.3 is 38.9 Å². The van der Waals surface area contributed by atoms with Crippen LogP contribution >= 0.6 is 0 Å². The third-order valence-corrected chi connectivity index (χ3v) is 6.56. The van der Waals surface area contributed by atoms with Crippen molar-refractivity contribution >= 4 is 23.9 Å². The Morgan fingerprint density at radius 2 is 0.956 bits per heavy atom. The van der Waals surface area contributed by atoms with Crippen molar-refractivity contribution in [2.24, 2.45) is 11.1 Å². The summed E-state index contributed by atoms with van der Waals surface area (Å²) in [7, 11) is 0. The normalized spacial score (nSPS) is 16.0. The Labute approximate surface area is 269 Å². The number of hydrogen-bond acceptors (Lipinski definition) is 14. The molecule has 264 valence electrons. The summed E-state index contributed by atoms with van der Waals surface area (Å²) in [6.07, 6.45) is 0.355. The van der Waals surface area contributed by atoms with E-state index in [1.54, 1.807) is 27.7 Å². The molecule has 0 aromatic rings. The predicted octanol–water partition coefficient (Wildman–Crippen LogP) is 1.51. The molecule has 0 bridgehead atoms. The van der Waals surface area contributed by atoms with Crippen molar-refractivity contribution in [3.05, 3.63) is 0 Å². The second kappa shape index (κ2) is 24.8. The molecule has 45 heavy (non-hydrogen) atoms. The highest BCUT2D eigenvalue weighted by molar-refractivity contribution is 5.83. The van der Waals surface area contributed by atoms with Gasteiger partial charge >= 0.3 is 23.9 Å². The lowest BCUT2D eigenvalue weighted by molar-refractivity contribution is -0.152. The quantitative estimate of drug-likeness (QED) is 0.0860. The molecule has 0 fully saturated rings. The van der Waals surface area contributed by atoms with Crippen molar-refractivity contribution in [1.82, 2.24) is 10.6 Å². The van der Waals surface area contributed by atoms with Gasteiger partial charge in [0.1, 0.15) is 12.1 Å². The summed E-state index contributed by atoms with van der Waals surface area (Å²) in [6.45, 7) is 16.9. The first kappa shape index (κ1) is 42.6. The fraction of sp³-hybridized carbons (Fsp3) is 0.871. The van der Waals surface area contributed by atoms with E-state index in [9.17, 15) is 19.2 Å². The van der Waals surface area contributed by atoms with Gasteiger partial charge in [-0.3, -0.25) is 29.8 Å². The lowest BCUT2D eigenvalue weighted by Gasteiger charge is -2.33. The SMILES string of the molecule is CCOC(=O)CC(NC(C)COCC(CC)(COCC(C)N)COCC(C)NC(CC(=O)OCC)C(=O)OCC)C(=O)OCC. The molecule has 14 heteroatoms. The molecular formula is C31H59N3O11. The van der Waals surface area contributed by atoms with Crippen molar-refractivity contribution in [3.8, 4) is 0 Å². The maximum Gasteiger partial charge on any atom is 0.323 e. The molecule has 14 nitrogen and oxygen atoms in total. The van der Waals surface area contributed by atoms with Gasteiger partial charge in [0, 0.05) is 23.5 Å². The molecule has 0 saturated heterocycles. The van der Waals surface area contributed by atoms with Gasteiger partial charge in [-0.05, 0) is 54.9 Å². The topological polar surface area (TPSA) is 183 Å². The molecule has 0 aromatic carbocycles. The lowest BCUT2D eigenvalue weighted by Crippen LogP contribution is -2.47. The van der Waals surface area contributed by atoms with E-state index in [-0.39, 0.29) is 83.8 Å². The van der Waals surface area contributed by atoms with E-state index >= 15 is 0 Å². The van der Waals surface area contributed by atoms with E-state index in [0.29, 0.717) is 19.6 Å². The van der Waals surface area contributed by atoms with E-state index in [4.69, 9.17) is 38.9 Å². The van der Waals surface area contributed by atoms with Gasteiger partial charge in [-0.2, -0.15) is 0 Å². The van der Waals surface area contributed by atoms with Gasteiger partial charge in [0.15, 0.2) is 0 Å². The molecule has 5 atom stereocenters. The standard InChI is InChI=1S/C31H59N3O11/c1-9-31(19-39-16-22(6)32,20-40-17-23(7)33-25(29(37)44-12-4)14-27(35)42-10-2)21-41-18-24(8)34-26(30(38)45-13-5)15-28(36)43-11-3/h22-26,33-34H,9-21,32H2,1-8H3. The number of nitrogens with two attached hydrogens (primary N) is 1. The van der Waals surface area contributed by atoms with Crippen molar-refractivity contribution in [2.75, 3.05) is 66.1 Å². The van der Waals surface area contributed by atoms with Crippen LogP contribution in [0.25, 0.3) is 0 Å². The molecule has 0 spiro atoms. The van der Waals surface area contributed by atoms with Crippen LogP contribution in [-0.2, 0) is 52.3 Å². The zero-order valence-corrected chi connectivity index (χ0v) is 28.6. The number of carbonyl (C=O) groups excluding carboxylic acids is 4. The van der Waals surface area contributed by atoms with Crippen molar-refractivity contribution in [1.29, 1.82) is 0 Å². The number of carbonyl (C=O) groups is 4. The molecule has 5 unspecified atom stereocenters. The predicted molar refractivity (Wildman–Crippen MR) is 167 cm³/mol. The van der Waals surface area contributed by atoms with Crippen molar-refractivity contribution in [2.45, 2.75) is 105 Å². The molecular weight excluding hydrogens is 590 g/mol. The third-order valence-electron chi connectivity index (χ3n) is 6.56. The summed E-state index contributed by atoms with van der Waals surface area (Å²) >= 11 is 0. The molecule has 0 heterocycles. The number of rotatable bonds is 27. The lowest BCUT2D eigenvalue weighted by atomic mass is 9.88. The highest BCUT2D eigenvalue weighted by Gasteiger charge is 2.32. The minimum Gasteiger partial charge on any atom is -0.466 e. The minimum absolute atomic E-state index is 0.145. The first-order chi connectivity index (χ1) is 21.4. The van der Waals surface area contributed by atoms with E-state index < -0.39 is 41.4 Å². The van der Waals surface area contributed by atoms with Crippen LogP contribution in [-0.4, -0.2) is 120 Å². The Kier molecular flexibility index (Phi) is 23.5. The van der Waals surface area contributed by atoms with E-state index in [2.05, 4.69) is 10.6 Å². The monoisotopic (exact) mass is 649 g/mol. The smallest absolute Gasteiger partial charge is 0.323 e. The Balaban J connectivity index is 5.32. The molecule has 0 aromatic heterocycles. The molecule has 0 aliphatic carbocycles. The largest absolute Gasteiger partial charge is 0.466 e. The molecule has 0 aliphatic rings. The summed E-state index contributed by atoms with van der Waals surface area (Å²) in [5, 5.41) is 6.22. The summed E-state index contributed by atoms with van der Waals surface area (Å²) < 4.78 is 38.3. The summed E-state index contributed by atoms with van der Waals surface area (Å²) in [5.41, 5.74) is 5.37. The van der Waals surface area contributed by atoms with Gasteiger partial charge in [-0.1, -0.05) is 6.92 Å². The fourth-order valence-corrected chi connectivity index (χ4v) is 4.26. The van der Waals surface area contributed by atoms with E-state index in [1.807, 2.05) is 27.7 Å². The Morgan fingerprint density at radius 1 is 0.600 bits per heavy atom. The molecule has 0 rings (SSSR count). The molecule has 0 aliphatic heterocycles. The van der Waals surface area contributed by atoms with Crippen LogP contribution < -0.4 is 16.4 Å². The first-order valence-electron chi connectivity index (χ1n) is 16.0. The zero-order chi connectivity index (χ0) is 34.3. The summed E-state index contributed by atoms with van der Waals surface area (Å²) in [6, 6.07) is -2.47. The van der Waals surface area contributed by atoms with Crippen LogP contribution in [0.5, 0.6) is 0 Å². The molecule has 0 radical (unpaired) electrons. The Bertz CT molecular complexity index is 788. The van der Waals surface area contributed by atoms with Gasteiger partial charge in [-0.25, -0.2) is 0 Å². The van der Waals surface area contributed by atoms with Crippen LogP contribution in [0, 0.1) is 5.41 Å². The summed E-state index contributed by atoms with van der Waals surface area (Å²) in [4.78, 5) is 48.9. The second-order valence-corrected chi connectivity index (χ2v) is 11.1. The maximum atomic E-state index is 12.4. The van der Waals surface area contributed by atoms with Gasteiger partial charge in [0.2, 0.25) is 0 Å². The first-order valence-corrected chi connectivity index (χ1v) is 16.0. The van der Waals surface area contributed by atoms with Crippen LogP contribution in [0.1, 0.15) is 74.7 Å². The van der Waals surface area contributed by atoms with E-state index in [0.717, 1.165) is 0 Å². The van der Waals surface area contributed by atoms with Crippen molar-refractivity contribution in [3.63, 3.8) is 0 Å². The van der Waals surface area contributed by atoms with E-state index in [1.165, 1.54) is 0 Å². The van der Waals surface area contributed by atoms with Gasteiger partial charge in [0.05, 0.1) is 78.9 Å². The fourth-order valence-electron chi connectivity index (χ4n) is 4.26. The Morgan fingerprint density at radius 3 is 1.27 bits per heavy atom. The molecule has 0 saturated carbocycles.